The van der Waals surface area contributed by atoms with Gasteiger partial charge in [0.15, 0.2) is 0 Å². The molecular weight excluding hydrogens is 265 g/mol. The van der Waals surface area contributed by atoms with Crippen LogP contribution in [0.5, 0.6) is 5.75 Å². The molecule has 0 amide bonds. The van der Waals surface area contributed by atoms with Gasteiger partial charge in [-0.1, -0.05) is 18.2 Å². The van der Waals surface area contributed by atoms with Crippen molar-refractivity contribution in [3.63, 3.8) is 0 Å². The van der Waals surface area contributed by atoms with Gasteiger partial charge in [0, 0.05) is 16.8 Å². The van der Waals surface area contributed by atoms with Crippen LogP contribution < -0.4 is 10.1 Å². The number of halogens is 2. The minimum atomic E-state index is 0.548. The lowest BCUT2D eigenvalue weighted by molar-refractivity contribution is 0.412. The minimum absolute atomic E-state index is 0.548. The topological polar surface area (TPSA) is 21.3 Å². The van der Waals surface area contributed by atoms with Gasteiger partial charge in [0.05, 0.1) is 18.1 Å². The molecule has 0 unspecified atom stereocenters. The molecule has 76 valence electrons. The molecule has 0 aliphatic rings. The van der Waals surface area contributed by atoms with Gasteiger partial charge in [-0.3, -0.25) is 0 Å². The second-order valence-electron chi connectivity index (χ2n) is 2.72. The van der Waals surface area contributed by atoms with Crippen LogP contribution in [0, 0.1) is 0 Å². The lowest BCUT2D eigenvalue weighted by Crippen LogP contribution is -2.00. The molecule has 1 aromatic carbocycles. The van der Waals surface area contributed by atoms with Gasteiger partial charge in [-0.15, -0.1) is 0 Å². The molecule has 0 bridgehead atoms. The summed E-state index contributed by atoms with van der Waals surface area (Å²) in [6, 6.07) is 5.74. The fourth-order valence-electron chi connectivity index (χ4n) is 0.968. The highest BCUT2D eigenvalue weighted by atomic mass is 79.9. The summed E-state index contributed by atoms with van der Waals surface area (Å²) in [5.74, 6) is 0.787. The average molecular weight is 277 g/mol. The van der Waals surface area contributed by atoms with Crippen LogP contribution in [0.1, 0.15) is 0 Å². The molecule has 0 aromatic heterocycles. The zero-order chi connectivity index (χ0) is 10.6. The molecule has 0 aliphatic carbocycles. The summed E-state index contributed by atoms with van der Waals surface area (Å²) < 4.78 is 6.08. The molecule has 0 radical (unpaired) electrons. The Morgan fingerprint density at radius 1 is 1.64 bits per heavy atom. The first-order chi connectivity index (χ1) is 6.63. The molecule has 4 heteroatoms. The first kappa shape index (κ1) is 11.4. The summed E-state index contributed by atoms with van der Waals surface area (Å²) in [6.45, 7) is 4.14. The number of hydrogen-bond acceptors (Lipinski definition) is 2. The largest absolute Gasteiger partial charge is 0.495 e. The summed E-state index contributed by atoms with van der Waals surface area (Å²) in [5, 5.41) is 3.69. The Kier molecular flexibility index (Phi) is 4.29. The highest BCUT2D eigenvalue weighted by Gasteiger charge is 2.00. The quantitative estimate of drug-likeness (QED) is 0.907. The van der Waals surface area contributed by atoms with Crippen LogP contribution in [0.25, 0.3) is 0 Å². The number of nitrogens with one attached hydrogen (secondary N) is 1. The van der Waals surface area contributed by atoms with E-state index in [2.05, 4.69) is 27.8 Å². The van der Waals surface area contributed by atoms with E-state index in [9.17, 15) is 0 Å². The van der Waals surface area contributed by atoms with Crippen molar-refractivity contribution in [1.29, 1.82) is 0 Å². The normalized spacial score (nSPS) is 9.64. The van der Waals surface area contributed by atoms with Crippen LogP contribution >= 0.6 is 27.5 Å². The fourth-order valence-corrected chi connectivity index (χ4v) is 1.44. The van der Waals surface area contributed by atoms with Crippen molar-refractivity contribution in [1.82, 2.24) is 0 Å². The van der Waals surface area contributed by atoms with E-state index in [0.717, 1.165) is 15.9 Å². The lowest BCUT2D eigenvalue weighted by Gasteiger charge is -2.08. The second kappa shape index (κ2) is 5.27. The molecule has 1 aromatic rings. The molecule has 0 fully saturated rings. The maximum absolute atomic E-state index is 5.64. The SMILES string of the molecule is C=C(Cl)CNc1ccc(Br)c(OC)c1. The highest BCUT2D eigenvalue weighted by molar-refractivity contribution is 9.10. The molecule has 1 rings (SSSR count). The third-order valence-electron chi connectivity index (χ3n) is 1.64. The lowest BCUT2D eigenvalue weighted by atomic mass is 10.3. The number of ether oxygens (including phenoxy) is 1. The average Bonchev–Trinajstić information content (AvgIpc) is 2.16. The van der Waals surface area contributed by atoms with Crippen molar-refractivity contribution < 1.29 is 4.74 Å². The Labute approximate surface area is 97.0 Å². The van der Waals surface area contributed by atoms with E-state index in [0.29, 0.717) is 11.6 Å². The van der Waals surface area contributed by atoms with Gasteiger partial charge < -0.3 is 10.1 Å². The Morgan fingerprint density at radius 2 is 2.36 bits per heavy atom. The molecule has 0 aliphatic heterocycles. The zero-order valence-electron chi connectivity index (χ0n) is 7.81. The molecule has 0 saturated carbocycles. The van der Waals surface area contributed by atoms with E-state index in [1.165, 1.54) is 0 Å². The number of benzene rings is 1. The second-order valence-corrected chi connectivity index (χ2v) is 4.11. The van der Waals surface area contributed by atoms with Gasteiger partial charge in [-0.05, 0) is 28.1 Å². The van der Waals surface area contributed by atoms with Crippen molar-refractivity contribution in [2.45, 2.75) is 0 Å². The predicted molar refractivity (Wildman–Crippen MR) is 64.2 cm³/mol. The maximum atomic E-state index is 5.64. The highest BCUT2D eigenvalue weighted by Crippen LogP contribution is 2.27. The minimum Gasteiger partial charge on any atom is -0.495 e. The smallest absolute Gasteiger partial charge is 0.135 e. The number of hydrogen-bond donors (Lipinski definition) is 1. The van der Waals surface area contributed by atoms with E-state index in [1.54, 1.807) is 7.11 Å². The van der Waals surface area contributed by atoms with E-state index in [4.69, 9.17) is 16.3 Å². The molecule has 0 spiro atoms. The van der Waals surface area contributed by atoms with Gasteiger partial charge in [0.1, 0.15) is 5.75 Å². The predicted octanol–water partition coefficient (Wildman–Crippen LogP) is 3.62. The van der Waals surface area contributed by atoms with E-state index in [1.807, 2.05) is 18.2 Å². The zero-order valence-corrected chi connectivity index (χ0v) is 10.2. The Bertz CT molecular complexity index is 341. The third-order valence-corrected chi connectivity index (χ3v) is 2.42. The summed E-state index contributed by atoms with van der Waals surface area (Å²) in [6.07, 6.45) is 0. The van der Waals surface area contributed by atoms with Crippen molar-refractivity contribution in [3.05, 3.63) is 34.3 Å². The summed E-state index contributed by atoms with van der Waals surface area (Å²) in [4.78, 5) is 0. The fraction of sp³-hybridized carbons (Fsp3) is 0.200. The van der Waals surface area contributed by atoms with Gasteiger partial charge >= 0.3 is 0 Å². The van der Waals surface area contributed by atoms with Gasteiger partial charge in [-0.25, -0.2) is 0 Å². The molecule has 2 nitrogen and oxygen atoms in total. The van der Waals surface area contributed by atoms with E-state index in [-0.39, 0.29) is 0 Å². The maximum Gasteiger partial charge on any atom is 0.135 e. The number of anilines is 1. The molecule has 1 N–H and O–H groups in total. The van der Waals surface area contributed by atoms with E-state index < -0.39 is 0 Å². The van der Waals surface area contributed by atoms with Crippen LogP contribution in [0.4, 0.5) is 5.69 Å². The van der Waals surface area contributed by atoms with Gasteiger partial charge in [0.2, 0.25) is 0 Å². The van der Waals surface area contributed by atoms with Crippen molar-refractivity contribution in [2.24, 2.45) is 0 Å². The van der Waals surface area contributed by atoms with Crippen LogP contribution in [-0.4, -0.2) is 13.7 Å². The van der Waals surface area contributed by atoms with Crippen molar-refractivity contribution in [3.8, 4) is 5.75 Å². The molecule has 0 atom stereocenters. The molecular formula is C10H11BrClNO. The van der Waals surface area contributed by atoms with Crippen LogP contribution in [0.2, 0.25) is 0 Å². The number of methoxy groups -OCH3 is 1. The third kappa shape index (κ3) is 3.24. The van der Waals surface area contributed by atoms with Crippen LogP contribution in [0.15, 0.2) is 34.3 Å². The standard InChI is InChI=1S/C10H11BrClNO/c1-7(12)6-13-8-3-4-9(11)10(5-8)14-2/h3-5,13H,1,6H2,2H3. The first-order valence-corrected chi connectivity index (χ1v) is 5.21. The molecule has 0 saturated heterocycles. The van der Waals surface area contributed by atoms with Gasteiger partial charge in [-0.2, -0.15) is 0 Å². The van der Waals surface area contributed by atoms with E-state index >= 15 is 0 Å². The summed E-state index contributed by atoms with van der Waals surface area (Å²) >= 11 is 9.01. The van der Waals surface area contributed by atoms with Crippen molar-refractivity contribution >= 4 is 33.2 Å². The van der Waals surface area contributed by atoms with Crippen LogP contribution in [-0.2, 0) is 0 Å². The Hall–Kier alpha value is -0.670. The summed E-state index contributed by atoms with van der Waals surface area (Å²) in [5.41, 5.74) is 0.951. The van der Waals surface area contributed by atoms with Crippen LogP contribution in [0.3, 0.4) is 0 Å². The number of rotatable bonds is 4. The van der Waals surface area contributed by atoms with Crippen molar-refractivity contribution in [2.75, 3.05) is 19.0 Å². The Morgan fingerprint density at radius 3 is 2.93 bits per heavy atom. The summed E-state index contributed by atoms with van der Waals surface area (Å²) in [7, 11) is 1.63. The molecule has 0 heterocycles. The first-order valence-electron chi connectivity index (χ1n) is 4.04. The molecule has 14 heavy (non-hydrogen) atoms. The van der Waals surface area contributed by atoms with Gasteiger partial charge in [0.25, 0.3) is 0 Å². The monoisotopic (exact) mass is 275 g/mol. The Balaban J connectivity index is 2.74.